The maximum Gasteiger partial charge on any atom is 0.430 e. The van der Waals surface area contributed by atoms with Crippen molar-refractivity contribution in [3.63, 3.8) is 0 Å². The number of hydrogen-bond donors (Lipinski definition) is 0. The van der Waals surface area contributed by atoms with Crippen molar-refractivity contribution < 1.29 is 32.2 Å². The first kappa shape index (κ1) is 28.9. The Morgan fingerprint density at radius 1 is 0.846 bits per heavy atom. The molecule has 4 rings (SSSR count). The molecule has 2 saturated heterocycles. The molecule has 0 saturated carbocycles. The van der Waals surface area contributed by atoms with Crippen molar-refractivity contribution in [1.29, 1.82) is 0 Å². The minimum Gasteiger partial charge on any atom is -0.444 e. The van der Waals surface area contributed by atoms with Gasteiger partial charge in [-0.1, -0.05) is 60.7 Å². The molecule has 39 heavy (non-hydrogen) atoms. The molecule has 2 aliphatic heterocycles. The highest BCUT2D eigenvalue weighted by Gasteiger charge is 2.64. The average molecular weight is 547 g/mol. The first-order valence-corrected chi connectivity index (χ1v) is 13.3. The molecule has 0 aliphatic carbocycles. The number of nitrogens with zero attached hydrogens (tertiary/aromatic N) is 2. The normalized spacial score (nSPS) is 21.4. The second-order valence-corrected chi connectivity index (χ2v) is 11.5. The number of ether oxygens (including phenoxy) is 2. The van der Waals surface area contributed by atoms with Gasteiger partial charge < -0.3 is 19.3 Å². The van der Waals surface area contributed by atoms with E-state index in [4.69, 9.17) is 9.47 Å². The third kappa shape index (κ3) is 5.64. The average Bonchev–Trinajstić information content (AvgIpc) is 2.89. The Morgan fingerprint density at radius 2 is 1.36 bits per heavy atom. The zero-order chi connectivity index (χ0) is 28.5. The molecule has 2 amide bonds. The van der Waals surface area contributed by atoms with E-state index in [2.05, 4.69) is 0 Å². The van der Waals surface area contributed by atoms with Crippen LogP contribution in [0, 0.1) is 5.41 Å². The molecule has 2 atom stereocenters. The summed E-state index contributed by atoms with van der Waals surface area (Å²) >= 11 is 0. The Hall–Kier alpha value is -3.07. The Kier molecular flexibility index (Phi) is 8.03. The van der Waals surface area contributed by atoms with Gasteiger partial charge in [0.2, 0.25) is 0 Å². The van der Waals surface area contributed by atoms with E-state index in [1.165, 1.54) is 29.2 Å². The van der Waals surface area contributed by atoms with E-state index < -0.39 is 23.3 Å². The smallest absolute Gasteiger partial charge is 0.430 e. The summed E-state index contributed by atoms with van der Waals surface area (Å²) in [4.78, 5) is 29.5. The standard InChI is InChI=1S/C30H37F3N2O4/c1-27(2,3)39-26(37)35-20-17-28(24(21-35)22-11-7-5-8-12-22)15-18-34(19-16-28)25(36)29(38-4,30(31,32)33)23-13-9-6-10-14-23/h5-14,24H,15-21H2,1-4H3/t24?,29-/m1/s1. The summed E-state index contributed by atoms with van der Waals surface area (Å²) in [5, 5.41) is 0. The van der Waals surface area contributed by atoms with Crippen LogP contribution in [0.5, 0.6) is 0 Å². The topological polar surface area (TPSA) is 59.1 Å². The molecule has 2 aromatic rings. The van der Waals surface area contributed by atoms with Crippen LogP contribution in [-0.2, 0) is 19.9 Å². The number of carbonyl (C=O) groups excluding carboxylic acids is 2. The van der Waals surface area contributed by atoms with Gasteiger partial charge in [-0.05, 0) is 51.0 Å². The van der Waals surface area contributed by atoms with Gasteiger partial charge in [-0.3, -0.25) is 4.79 Å². The monoisotopic (exact) mass is 546 g/mol. The second kappa shape index (κ2) is 10.8. The fourth-order valence-corrected chi connectivity index (χ4v) is 6.05. The number of benzene rings is 2. The zero-order valence-electron chi connectivity index (χ0n) is 23.0. The summed E-state index contributed by atoms with van der Waals surface area (Å²) < 4.78 is 54.2. The van der Waals surface area contributed by atoms with E-state index in [-0.39, 0.29) is 36.1 Å². The summed E-state index contributed by atoms with van der Waals surface area (Å²) in [6.45, 7) is 6.75. The van der Waals surface area contributed by atoms with Crippen LogP contribution < -0.4 is 0 Å². The number of amides is 2. The largest absolute Gasteiger partial charge is 0.444 e. The zero-order valence-corrected chi connectivity index (χ0v) is 23.0. The van der Waals surface area contributed by atoms with E-state index in [1.807, 2.05) is 51.1 Å². The van der Waals surface area contributed by atoms with Crippen molar-refractivity contribution in [2.75, 3.05) is 33.3 Å². The predicted molar refractivity (Wildman–Crippen MR) is 141 cm³/mol. The van der Waals surface area contributed by atoms with Gasteiger partial charge in [0.25, 0.3) is 11.5 Å². The van der Waals surface area contributed by atoms with Gasteiger partial charge in [-0.25, -0.2) is 4.79 Å². The van der Waals surface area contributed by atoms with Crippen molar-refractivity contribution in [3.05, 3.63) is 71.8 Å². The van der Waals surface area contributed by atoms with Crippen molar-refractivity contribution in [1.82, 2.24) is 9.80 Å². The molecular weight excluding hydrogens is 509 g/mol. The van der Waals surface area contributed by atoms with E-state index in [1.54, 1.807) is 11.0 Å². The van der Waals surface area contributed by atoms with Crippen molar-refractivity contribution in [2.24, 2.45) is 5.41 Å². The molecule has 2 fully saturated rings. The number of carbonyl (C=O) groups is 2. The summed E-state index contributed by atoms with van der Waals surface area (Å²) in [6, 6.07) is 17.0. The molecular formula is C30H37F3N2O4. The van der Waals surface area contributed by atoms with Crippen LogP contribution in [0.2, 0.25) is 0 Å². The minimum absolute atomic E-state index is 0.0406. The van der Waals surface area contributed by atoms with Gasteiger partial charge >= 0.3 is 12.3 Å². The van der Waals surface area contributed by atoms with Crippen molar-refractivity contribution in [3.8, 4) is 0 Å². The van der Waals surface area contributed by atoms with E-state index in [0.29, 0.717) is 32.4 Å². The fourth-order valence-electron chi connectivity index (χ4n) is 6.05. The molecule has 0 radical (unpaired) electrons. The van der Waals surface area contributed by atoms with Crippen molar-refractivity contribution in [2.45, 2.75) is 63.3 Å². The number of hydrogen-bond acceptors (Lipinski definition) is 4. The molecule has 2 aromatic carbocycles. The maximum absolute atomic E-state index is 14.5. The highest BCUT2D eigenvalue weighted by Crippen LogP contribution is 2.51. The van der Waals surface area contributed by atoms with Crippen LogP contribution in [0.15, 0.2) is 60.7 Å². The van der Waals surface area contributed by atoms with E-state index in [0.717, 1.165) is 12.7 Å². The van der Waals surface area contributed by atoms with Crippen molar-refractivity contribution >= 4 is 12.0 Å². The third-order valence-corrected chi connectivity index (χ3v) is 8.11. The number of likely N-dealkylation sites (tertiary alicyclic amines) is 2. The van der Waals surface area contributed by atoms with Crippen LogP contribution >= 0.6 is 0 Å². The van der Waals surface area contributed by atoms with Crippen LogP contribution in [0.1, 0.15) is 57.1 Å². The molecule has 2 aliphatic rings. The lowest BCUT2D eigenvalue weighted by Gasteiger charge is -2.52. The number of alkyl halides is 3. The quantitative estimate of drug-likeness (QED) is 0.463. The molecule has 6 nitrogen and oxygen atoms in total. The van der Waals surface area contributed by atoms with E-state index in [9.17, 15) is 22.8 Å². The van der Waals surface area contributed by atoms with Gasteiger partial charge in [0.15, 0.2) is 0 Å². The summed E-state index contributed by atoms with van der Waals surface area (Å²) in [7, 11) is 0.932. The third-order valence-electron chi connectivity index (χ3n) is 8.11. The Morgan fingerprint density at radius 3 is 1.85 bits per heavy atom. The van der Waals surface area contributed by atoms with Crippen LogP contribution in [0.25, 0.3) is 0 Å². The van der Waals surface area contributed by atoms with Gasteiger partial charge in [0, 0.05) is 44.8 Å². The molecule has 212 valence electrons. The SMILES string of the molecule is CO[C@@](C(=O)N1CCC2(CCN(C(=O)OC(C)(C)C)CC2c2ccccc2)CC1)(c1ccccc1)C(F)(F)F. The predicted octanol–water partition coefficient (Wildman–Crippen LogP) is 6.12. The molecule has 0 N–H and O–H groups in total. The van der Waals surface area contributed by atoms with Gasteiger partial charge in [-0.2, -0.15) is 13.2 Å². The summed E-state index contributed by atoms with van der Waals surface area (Å²) in [6.07, 6.45) is -3.61. The fraction of sp³-hybridized carbons (Fsp3) is 0.533. The lowest BCUT2D eigenvalue weighted by atomic mass is 9.62. The molecule has 0 aromatic heterocycles. The van der Waals surface area contributed by atoms with Crippen LogP contribution in [-0.4, -0.2) is 66.9 Å². The van der Waals surface area contributed by atoms with Gasteiger partial charge in [0.05, 0.1) is 0 Å². The molecule has 1 spiro atoms. The van der Waals surface area contributed by atoms with Crippen LogP contribution in [0.4, 0.5) is 18.0 Å². The highest BCUT2D eigenvalue weighted by atomic mass is 19.4. The second-order valence-electron chi connectivity index (χ2n) is 11.5. The summed E-state index contributed by atoms with van der Waals surface area (Å²) in [5.41, 5.74) is -3.13. The van der Waals surface area contributed by atoms with E-state index >= 15 is 0 Å². The summed E-state index contributed by atoms with van der Waals surface area (Å²) in [5.74, 6) is -1.14. The Bertz CT molecular complexity index is 1140. The molecule has 1 unspecified atom stereocenters. The molecule has 0 bridgehead atoms. The molecule has 2 heterocycles. The lowest BCUT2D eigenvalue weighted by Crippen LogP contribution is -2.60. The molecule has 9 heteroatoms. The number of methoxy groups -OCH3 is 1. The number of halogens is 3. The Balaban J connectivity index is 1.58. The highest BCUT2D eigenvalue weighted by molar-refractivity contribution is 5.88. The lowest BCUT2D eigenvalue weighted by molar-refractivity contribution is -0.271. The number of rotatable bonds is 4. The van der Waals surface area contributed by atoms with Crippen LogP contribution in [0.3, 0.4) is 0 Å². The minimum atomic E-state index is -4.94. The first-order chi connectivity index (χ1) is 18.3. The van der Waals surface area contributed by atoms with Gasteiger partial charge in [0.1, 0.15) is 5.60 Å². The maximum atomic E-state index is 14.5. The van der Waals surface area contributed by atoms with Gasteiger partial charge in [-0.15, -0.1) is 0 Å². The Labute approximate surface area is 228 Å². The number of piperidine rings is 2. The first-order valence-electron chi connectivity index (χ1n) is 13.3.